The van der Waals surface area contributed by atoms with Gasteiger partial charge in [0.25, 0.3) is 0 Å². The van der Waals surface area contributed by atoms with Crippen molar-refractivity contribution < 1.29 is 24.2 Å². The van der Waals surface area contributed by atoms with Crippen LogP contribution in [0.5, 0.6) is 5.75 Å². The van der Waals surface area contributed by atoms with Crippen molar-refractivity contribution in [3.63, 3.8) is 0 Å². The fourth-order valence-electron chi connectivity index (χ4n) is 2.71. The van der Waals surface area contributed by atoms with Gasteiger partial charge in [0.2, 0.25) is 0 Å². The number of nitrogens with zero attached hydrogens (tertiary/aromatic N) is 2. The number of carbonyl (C=O) groups is 2. The number of ether oxygens (including phenoxy) is 2. The molecule has 2 heterocycles. The number of carboxylic acid groups (broad SMARTS) is 1. The van der Waals surface area contributed by atoms with Crippen LogP contribution in [-0.4, -0.2) is 66.4 Å². The SMILES string of the molecule is COC1CN(C(=O)N2CCOc3cccc(C(=O)O)c3C2)C1. The lowest BCUT2D eigenvalue weighted by atomic mass is 10.1. The summed E-state index contributed by atoms with van der Waals surface area (Å²) in [6.45, 7) is 2.16. The zero-order chi connectivity index (χ0) is 15.7. The number of likely N-dealkylation sites (tertiary alicyclic amines) is 1. The highest BCUT2D eigenvalue weighted by Gasteiger charge is 2.34. The first-order valence-corrected chi connectivity index (χ1v) is 7.14. The monoisotopic (exact) mass is 306 g/mol. The summed E-state index contributed by atoms with van der Waals surface area (Å²) in [7, 11) is 1.63. The molecule has 0 radical (unpaired) electrons. The molecule has 2 aliphatic rings. The zero-order valence-electron chi connectivity index (χ0n) is 12.3. The number of methoxy groups -OCH3 is 1. The van der Waals surface area contributed by atoms with Crippen LogP contribution in [0.25, 0.3) is 0 Å². The van der Waals surface area contributed by atoms with E-state index in [1.54, 1.807) is 29.0 Å². The Hall–Kier alpha value is -2.28. The standard InChI is InChI=1S/C15H18N2O5/c1-21-10-7-17(8-10)15(20)16-5-6-22-13-4-2-3-11(14(18)19)12(13)9-16/h2-4,10H,5-9H2,1H3,(H,18,19). The number of rotatable bonds is 2. The summed E-state index contributed by atoms with van der Waals surface area (Å²) in [6, 6.07) is 4.81. The minimum Gasteiger partial charge on any atom is -0.491 e. The highest BCUT2D eigenvalue weighted by atomic mass is 16.5. The van der Waals surface area contributed by atoms with Crippen molar-refractivity contribution in [1.29, 1.82) is 0 Å². The molecule has 0 atom stereocenters. The van der Waals surface area contributed by atoms with Gasteiger partial charge in [-0.3, -0.25) is 0 Å². The molecule has 0 saturated carbocycles. The first-order valence-electron chi connectivity index (χ1n) is 7.14. The predicted octanol–water partition coefficient (Wildman–Crippen LogP) is 1.03. The highest BCUT2D eigenvalue weighted by Crippen LogP contribution is 2.27. The summed E-state index contributed by atoms with van der Waals surface area (Å²) >= 11 is 0. The Kier molecular flexibility index (Phi) is 3.89. The lowest BCUT2D eigenvalue weighted by molar-refractivity contribution is -0.0162. The molecule has 0 aliphatic carbocycles. The van der Waals surface area contributed by atoms with Crippen molar-refractivity contribution in [3.05, 3.63) is 29.3 Å². The Morgan fingerprint density at radius 3 is 2.77 bits per heavy atom. The van der Waals surface area contributed by atoms with Gasteiger partial charge in [-0.1, -0.05) is 6.07 Å². The van der Waals surface area contributed by atoms with Crippen molar-refractivity contribution in [2.24, 2.45) is 0 Å². The van der Waals surface area contributed by atoms with Gasteiger partial charge in [0.1, 0.15) is 12.4 Å². The molecular weight excluding hydrogens is 288 g/mol. The van der Waals surface area contributed by atoms with Crippen LogP contribution < -0.4 is 4.74 Å². The van der Waals surface area contributed by atoms with Crippen molar-refractivity contribution in [2.75, 3.05) is 33.4 Å². The molecule has 0 aromatic heterocycles. The van der Waals surface area contributed by atoms with E-state index in [9.17, 15) is 14.7 Å². The van der Waals surface area contributed by atoms with Gasteiger partial charge < -0.3 is 24.4 Å². The second kappa shape index (κ2) is 5.84. The van der Waals surface area contributed by atoms with Crippen molar-refractivity contribution >= 4 is 12.0 Å². The molecule has 1 aromatic carbocycles. The third-order valence-electron chi connectivity index (χ3n) is 4.05. The summed E-state index contributed by atoms with van der Waals surface area (Å²) in [5.74, 6) is -0.480. The Labute approximate surface area is 128 Å². The number of aromatic carboxylic acids is 1. The molecule has 1 fully saturated rings. The number of hydrogen-bond donors (Lipinski definition) is 1. The van der Waals surface area contributed by atoms with Gasteiger partial charge in [0, 0.05) is 12.7 Å². The number of fused-ring (bicyclic) bond motifs is 1. The number of hydrogen-bond acceptors (Lipinski definition) is 4. The molecule has 2 amide bonds. The van der Waals surface area contributed by atoms with E-state index in [2.05, 4.69) is 0 Å². The normalized spacial score (nSPS) is 18.0. The molecule has 0 bridgehead atoms. The third-order valence-corrected chi connectivity index (χ3v) is 4.05. The Balaban J connectivity index is 1.79. The molecule has 118 valence electrons. The minimum atomic E-state index is -1.02. The fraction of sp³-hybridized carbons (Fsp3) is 0.467. The van der Waals surface area contributed by atoms with Crippen LogP contribution >= 0.6 is 0 Å². The summed E-state index contributed by atoms with van der Waals surface area (Å²) in [5, 5.41) is 9.30. The Bertz CT molecular complexity index is 598. The van der Waals surface area contributed by atoms with Crippen molar-refractivity contribution in [1.82, 2.24) is 9.80 Å². The smallest absolute Gasteiger partial charge is 0.336 e. The minimum absolute atomic E-state index is 0.0917. The first-order chi connectivity index (χ1) is 10.6. The first kappa shape index (κ1) is 14.6. The van der Waals surface area contributed by atoms with Gasteiger partial charge in [-0.2, -0.15) is 0 Å². The van der Waals surface area contributed by atoms with Gasteiger partial charge in [0.05, 0.1) is 37.8 Å². The van der Waals surface area contributed by atoms with Gasteiger partial charge >= 0.3 is 12.0 Å². The van der Waals surface area contributed by atoms with Crippen LogP contribution in [0.15, 0.2) is 18.2 Å². The molecule has 2 aliphatic heterocycles. The number of amides is 2. The number of carboxylic acids is 1. The van der Waals surface area contributed by atoms with Crippen LogP contribution in [0.1, 0.15) is 15.9 Å². The molecule has 1 aromatic rings. The van der Waals surface area contributed by atoms with E-state index < -0.39 is 5.97 Å². The third kappa shape index (κ3) is 2.59. The second-order valence-electron chi connectivity index (χ2n) is 5.40. The molecule has 0 spiro atoms. The molecular formula is C15H18N2O5. The average Bonchev–Trinajstić information content (AvgIpc) is 2.67. The number of urea groups is 1. The van der Waals surface area contributed by atoms with Crippen LogP contribution in [0.4, 0.5) is 4.79 Å². The average molecular weight is 306 g/mol. The molecule has 22 heavy (non-hydrogen) atoms. The van der Waals surface area contributed by atoms with Gasteiger partial charge in [-0.25, -0.2) is 9.59 Å². The molecule has 7 nitrogen and oxygen atoms in total. The maximum Gasteiger partial charge on any atom is 0.336 e. The van der Waals surface area contributed by atoms with E-state index in [0.717, 1.165) is 0 Å². The van der Waals surface area contributed by atoms with Crippen molar-refractivity contribution in [2.45, 2.75) is 12.6 Å². The summed E-state index contributed by atoms with van der Waals surface area (Å²) in [6.07, 6.45) is 0.0917. The molecule has 3 rings (SSSR count). The maximum atomic E-state index is 12.5. The van der Waals surface area contributed by atoms with E-state index in [4.69, 9.17) is 9.47 Å². The summed E-state index contributed by atoms with van der Waals surface area (Å²) in [5.41, 5.74) is 0.722. The zero-order valence-corrected chi connectivity index (χ0v) is 12.3. The predicted molar refractivity (Wildman–Crippen MR) is 77.1 cm³/mol. The highest BCUT2D eigenvalue weighted by molar-refractivity contribution is 5.90. The lowest BCUT2D eigenvalue weighted by Crippen LogP contribution is -2.58. The van der Waals surface area contributed by atoms with Crippen LogP contribution in [-0.2, 0) is 11.3 Å². The van der Waals surface area contributed by atoms with E-state index in [1.165, 1.54) is 6.07 Å². The molecule has 0 unspecified atom stereocenters. The van der Waals surface area contributed by atoms with Gasteiger partial charge in [-0.15, -0.1) is 0 Å². The molecule has 7 heteroatoms. The van der Waals surface area contributed by atoms with Crippen LogP contribution in [0, 0.1) is 0 Å². The van der Waals surface area contributed by atoms with E-state index >= 15 is 0 Å². The van der Waals surface area contributed by atoms with Gasteiger partial charge in [0.15, 0.2) is 0 Å². The summed E-state index contributed by atoms with van der Waals surface area (Å²) in [4.78, 5) is 27.2. The Morgan fingerprint density at radius 1 is 1.32 bits per heavy atom. The number of carbonyl (C=O) groups excluding carboxylic acids is 1. The van der Waals surface area contributed by atoms with Gasteiger partial charge in [-0.05, 0) is 12.1 Å². The lowest BCUT2D eigenvalue weighted by Gasteiger charge is -2.40. The Morgan fingerprint density at radius 2 is 2.09 bits per heavy atom. The van der Waals surface area contributed by atoms with E-state index in [1.807, 2.05) is 0 Å². The largest absolute Gasteiger partial charge is 0.491 e. The van der Waals surface area contributed by atoms with E-state index in [0.29, 0.717) is 37.6 Å². The van der Waals surface area contributed by atoms with Crippen LogP contribution in [0.3, 0.4) is 0 Å². The second-order valence-corrected chi connectivity index (χ2v) is 5.40. The summed E-state index contributed by atoms with van der Waals surface area (Å²) < 4.78 is 10.8. The maximum absolute atomic E-state index is 12.5. The van der Waals surface area contributed by atoms with Crippen molar-refractivity contribution in [3.8, 4) is 5.75 Å². The molecule has 1 saturated heterocycles. The van der Waals surface area contributed by atoms with E-state index in [-0.39, 0.29) is 24.2 Å². The quantitative estimate of drug-likeness (QED) is 0.883. The topological polar surface area (TPSA) is 79.3 Å². The molecule has 1 N–H and O–H groups in total. The number of benzene rings is 1. The van der Waals surface area contributed by atoms with Crippen LogP contribution in [0.2, 0.25) is 0 Å². The fourth-order valence-corrected chi connectivity index (χ4v) is 2.71.